The Balaban J connectivity index is 1.55. The number of rotatable bonds is 10. The lowest BCUT2D eigenvalue weighted by atomic mass is 9.99. The van der Waals surface area contributed by atoms with E-state index in [1.807, 2.05) is 55.5 Å². The topological polar surface area (TPSA) is 92.4 Å². The minimum atomic E-state index is -0.543. The molecular weight excluding hydrogens is 404 g/mol. The van der Waals surface area contributed by atoms with Crippen molar-refractivity contribution in [3.8, 4) is 5.75 Å². The molecule has 7 nitrogen and oxygen atoms in total. The molecule has 0 aliphatic rings. The van der Waals surface area contributed by atoms with Crippen molar-refractivity contribution >= 4 is 17.5 Å². The molecule has 1 atom stereocenters. The fourth-order valence-electron chi connectivity index (χ4n) is 3.25. The van der Waals surface area contributed by atoms with Crippen molar-refractivity contribution in [2.24, 2.45) is 0 Å². The number of carbonyl (C=O) groups excluding carboxylic acids is 2. The van der Waals surface area contributed by atoms with Gasteiger partial charge in [-0.2, -0.15) is 0 Å². The summed E-state index contributed by atoms with van der Waals surface area (Å²) in [6, 6.07) is 18.5. The van der Waals surface area contributed by atoms with Crippen LogP contribution in [0.5, 0.6) is 5.75 Å². The predicted molar refractivity (Wildman–Crippen MR) is 125 cm³/mol. The van der Waals surface area contributed by atoms with Crippen LogP contribution in [0, 0.1) is 6.92 Å². The third-order valence-electron chi connectivity index (χ3n) is 4.99. The highest BCUT2D eigenvalue weighted by atomic mass is 16.5. The molecule has 2 aromatic carbocycles. The van der Waals surface area contributed by atoms with Gasteiger partial charge in [-0.05, 0) is 55.0 Å². The zero-order valence-corrected chi connectivity index (χ0v) is 18.3. The van der Waals surface area contributed by atoms with Gasteiger partial charge in [-0.15, -0.1) is 0 Å². The zero-order chi connectivity index (χ0) is 22.8. The molecule has 0 radical (unpaired) electrons. The summed E-state index contributed by atoms with van der Waals surface area (Å²) in [7, 11) is 1.62. The Morgan fingerprint density at radius 3 is 2.50 bits per heavy atom. The number of amides is 2. The normalized spacial score (nSPS) is 11.3. The van der Waals surface area contributed by atoms with Crippen molar-refractivity contribution in [3.05, 3.63) is 89.7 Å². The SMILES string of the molecule is COc1ccc(NCCNC(=O)C(CNC(=O)c2cccc(C)c2)c2cccnc2)cc1. The van der Waals surface area contributed by atoms with E-state index in [-0.39, 0.29) is 18.4 Å². The summed E-state index contributed by atoms with van der Waals surface area (Å²) in [5.74, 6) is -0.134. The van der Waals surface area contributed by atoms with Gasteiger partial charge in [-0.1, -0.05) is 23.8 Å². The summed E-state index contributed by atoms with van der Waals surface area (Å²) >= 11 is 0. The van der Waals surface area contributed by atoms with Gasteiger partial charge in [0.25, 0.3) is 5.91 Å². The van der Waals surface area contributed by atoms with Crippen LogP contribution in [0.2, 0.25) is 0 Å². The Morgan fingerprint density at radius 1 is 1.00 bits per heavy atom. The molecule has 166 valence electrons. The first kappa shape index (κ1) is 22.8. The van der Waals surface area contributed by atoms with E-state index in [4.69, 9.17) is 4.74 Å². The number of anilines is 1. The van der Waals surface area contributed by atoms with Crippen LogP contribution in [0.15, 0.2) is 73.1 Å². The van der Waals surface area contributed by atoms with E-state index in [2.05, 4.69) is 20.9 Å². The Labute approximate surface area is 188 Å². The number of hydrogen-bond donors (Lipinski definition) is 3. The van der Waals surface area contributed by atoms with Crippen molar-refractivity contribution in [1.82, 2.24) is 15.6 Å². The van der Waals surface area contributed by atoms with Crippen molar-refractivity contribution in [2.75, 3.05) is 32.1 Å². The Bertz CT molecular complexity index is 1020. The molecule has 1 unspecified atom stereocenters. The molecule has 0 saturated carbocycles. The van der Waals surface area contributed by atoms with Crippen LogP contribution in [0.25, 0.3) is 0 Å². The molecule has 0 spiro atoms. The van der Waals surface area contributed by atoms with Gasteiger partial charge in [-0.3, -0.25) is 14.6 Å². The van der Waals surface area contributed by atoms with Crippen LogP contribution in [0.3, 0.4) is 0 Å². The number of carbonyl (C=O) groups is 2. The Kier molecular flexibility index (Phi) is 8.20. The maximum atomic E-state index is 12.9. The van der Waals surface area contributed by atoms with Crippen molar-refractivity contribution in [3.63, 3.8) is 0 Å². The minimum absolute atomic E-state index is 0.168. The molecule has 2 amide bonds. The molecule has 3 aromatic rings. The summed E-state index contributed by atoms with van der Waals surface area (Å²) < 4.78 is 5.15. The van der Waals surface area contributed by atoms with Crippen LogP contribution in [0.1, 0.15) is 27.4 Å². The Morgan fingerprint density at radius 2 is 1.81 bits per heavy atom. The maximum absolute atomic E-state index is 12.9. The fourth-order valence-corrected chi connectivity index (χ4v) is 3.25. The molecule has 1 aromatic heterocycles. The third kappa shape index (κ3) is 6.57. The highest BCUT2D eigenvalue weighted by molar-refractivity contribution is 5.95. The highest BCUT2D eigenvalue weighted by Gasteiger charge is 2.21. The lowest BCUT2D eigenvalue weighted by Crippen LogP contribution is -2.39. The molecule has 3 rings (SSSR count). The average Bonchev–Trinajstić information content (AvgIpc) is 2.83. The van der Waals surface area contributed by atoms with E-state index < -0.39 is 5.92 Å². The summed E-state index contributed by atoms with van der Waals surface area (Å²) in [6.45, 7) is 3.11. The van der Waals surface area contributed by atoms with Crippen molar-refractivity contribution in [2.45, 2.75) is 12.8 Å². The number of hydrogen-bond acceptors (Lipinski definition) is 5. The first-order valence-corrected chi connectivity index (χ1v) is 10.5. The van der Waals surface area contributed by atoms with Crippen molar-refractivity contribution < 1.29 is 14.3 Å². The van der Waals surface area contributed by atoms with Gasteiger partial charge in [0.1, 0.15) is 5.75 Å². The van der Waals surface area contributed by atoms with Crippen LogP contribution in [0.4, 0.5) is 5.69 Å². The van der Waals surface area contributed by atoms with Crippen LogP contribution >= 0.6 is 0 Å². The molecule has 3 N–H and O–H groups in total. The second kappa shape index (κ2) is 11.5. The van der Waals surface area contributed by atoms with E-state index in [0.29, 0.717) is 18.7 Å². The molecule has 0 saturated heterocycles. The van der Waals surface area contributed by atoms with Gasteiger partial charge in [0.05, 0.1) is 13.0 Å². The second-order valence-corrected chi connectivity index (χ2v) is 7.36. The number of nitrogens with zero attached hydrogens (tertiary/aromatic N) is 1. The van der Waals surface area contributed by atoms with E-state index >= 15 is 0 Å². The lowest BCUT2D eigenvalue weighted by Gasteiger charge is -2.18. The van der Waals surface area contributed by atoms with Crippen molar-refractivity contribution in [1.29, 1.82) is 0 Å². The minimum Gasteiger partial charge on any atom is -0.497 e. The largest absolute Gasteiger partial charge is 0.497 e. The van der Waals surface area contributed by atoms with E-state index in [0.717, 1.165) is 22.6 Å². The highest BCUT2D eigenvalue weighted by Crippen LogP contribution is 2.16. The number of nitrogens with one attached hydrogen (secondary N) is 3. The van der Waals surface area contributed by atoms with Gasteiger partial charge in [-0.25, -0.2) is 0 Å². The first-order chi connectivity index (χ1) is 15.6. The van der Waals surface area contributed by atoms with Gasteiger partial charge >= 0.3 is 0 Å². The van der Waals surface area contributed by atoms with E-state index in [1.165, 1.54) is 0 Å². The monoisotopic (exact) mass is 432 g/mol. The molecule has 0 bridgehead atoms. The molecular formula is C25H28N4O3. The van der Waals surface area contributed by atoms with Gasteiger partial charge in [0.2, 0.25) is 5.91 Å². The molecule has 32 heavy (non-hydrogen) atoms. The number of aryl methyl sites for hydroxylation is 1. The fraction of sp³-hybridized carbons (Fsp3) is 0.240. The third-order valence-corrected chi connectivity index (χ3v) is 4.99. The number of pyridine rings is 1. The lowest BCUT2D eigenvalue weighted by molar-refractivity contribution is -0.122. The summed E-state index contributed by atoms with van der Waals surface area (Å²) in [5.41, 5.74) is 3.26. The quantitative estimate of drug-likeness (QED) is 0.428. The molecule has 0 aliphatic carbocycles. The average molecular weight is 433 g/mol. The van der Waals surface area contributed by atoms with Crippen LogP contribution < -0.4 is 20.7 Å². The second-order valence-electron chi connectivity index (χ2n) is 7.36. The zero-order valence-electron chi connectivity index (χ0n) is 18.3. The number of methoxy groups -OCH3 is 1. The standard InChI is InChI=1S/C25H28N4O3/c1-18-5-3-6-19(15-18)24(30)29-17-23(20-7-4-12-26-16-20)25(31)28-14-13-27-21-8-10-22(32-2)11-9-21/h3-12,15-16,23,27H,13-14,17H2,1-2H3,(H,28,31)(H,29,30). The maximum Gasteiger partial charge on any atom is 0.251 e. The van der Waals surface area contributed by atoms with E-state index in [1.54, 1.807) is 31.6 Å². The van der Waals surface area contributed by atoms with Crippen LogP contribution in [-0.4, -0.2) is 43.5 Å². The Hall–Kier alpha value is -3.87. The molecule has 7 heteroatoms. The summed E-state index contributed by atoms with van der Waals surface area (Å²) in [6.07, 6.45) is 3.31. The molecule has 0 aliphatic heterocycles. The summed E-state index contributed by atoms with van der Waals surface area (Å²) in [4.78, 5) is 29.6. The van der Waals surface area contributed by atoms with Gasteiger partial charge in [0.15, 0.2) is 0 Å². The van der Waals surface area contributed by atoms with Crippen LogP contribution in [-0.2, 0) is 4.79 Å². The molecule has 1 heterocycles. The number of ether oxygens (including phenoxy) is 1. The van der Waals surface area contributed by atoms with E-state index in [9.17, 15) is 9.59 Å². The smallest absolute Gasteiger partial charge is 0.251 e. The number of aromatic nitrogens is 1. The molecule has 0 fully saturated rings. The first-order valence-electron chi connectivity index (χ1n) is 10.5. The number of benzene rings is 2. The predicted octanol–water partition coefficient (Wildman–Crippen LogP) is 3.14. The van der Waals surface area contributed by atoms with Gasteiger partial charge in [0, 0.05) is 43.3 Å². The summed E-state index contributed by atoms with van der Waals surface area (Å²) in [5, 5.41) is 9.07. The van der Waals surface area contributed by atoms with Gasteiger partial charge < -0.3 is 20.7 Å².